The van der Waals surface area contributed by atoms with E-state index in [4.69, 9.17) is 23.2 Å². The van der Waals surface area contributed by atoms with Gasteiger partial charge in [0, 0.05) is 0 Å². The molecule has 6 heteroatoms. The van der Waals surface area contributed by atoms with Gasteiger partial charge in [-0.15, -0.1) is 0 Å². The highest BCUT2D eigenvalue weighted by molar-refractivity contribution is 6.34. The van der Waals surface area contributed by atoms with Gasteiger partial charge in [0.2, 0.25) is 5.91 Å². The molecule has 0 bridgehead atoms. The number of anilines is 2. The number of amides is 1. The molecule has 2 N–H and O–H groups in total. The van der Waals surface area contributed by atoms with Gasteiger partial charge in [0.15, 0.2) is 0 Å². The van der Waals surface area contributed by atoms with Crippen molar-refractivity contribution in [1.29, 1.82) is 0 Å². The summed E-state index contributed by atoms with van der Waals surface area (Å²) >= 11 is 11.9. The van der Waals surface area contributed by atoms with Crippen molar-refractivity contribution in [3.8, 4) is 0 Å². The molecule has 2 aromatic carbocycles. The van der Waals surface area contributed by atoms with Gasteiger partial charge < -0.3 is 10.6 Å². The number of hydrogen-bond acceptors (Lipinski definition) is 2. The van der Waals surface area contributed by atoms with Crippen molar-refractivity contribution in [3.05, 3.63) is 57.8 Å². The summed E-state index contributed by atoms with van der Waals surface area (Å²) < 4.78 is 12.9. The Morgan fingerprint density at radius 2 is 1.76 bits per heavy atom. The van der Waals surface area contributed by atoms with Crippen molar-refractivity contribution in [1.82, 2.24) is 0 Å². The van der Waals surface area contributed by atoms with Crippen molar-refractivity contribution in [2.24, 2.45) is 0 Å². The third-order valence-corrected chi connectivity index (χ3v) is 3.39. The molecule has 0 aliphatic rings. The molecule has 0 aliphatic carbocycles. The lowest BCUT2D eigenvalue weighted by Gasteiger charge is -2.10. The molecule has 3 nitrogen and oxygen atoms in total. The van der Waals surface area contributed by atoms with E-state index in [0.29, 0.717) is 16.4 Å². The van der Waals surface area contributed by atoms with Gasteiger partial charge in [-0.25, -0.2) is 4.39 Å². The van der Waals surface area contributed by atoms with Crippen LogP contribution in [0.5, 0.6) is 0 Å². The molecule has 2 rings (SSSR count). The summed E-state index contributed by atoms with van der Waals surface area (Å²) in [6.45, 7) is 1.91. The molecule has 0 fully saturated rings. The van der Waals surface area contributed by atoms with Gasteiger partial charge in [0.1, 0.15) is 5.82 Å². The highest BCUT2D eigenvalue weighted by Gasteiger charge is 2.07. The summed E-state index contributed by atoms with van der Waals surface area (Å²) in [5.74, 6) is -0.706. The van der Waals surface area contributed by atoms with Crippen LogP contribution in [0.3, 0.4) is 0 Å². The summed E-state index contributed by atoms with van der Waals surface area (Å²) in [7, 11) is 0. The quantitative estimate of drug-likeness (QED) is 0.869. The van der Waals surface area contributed by atoms with E-state index in [2.05, 4.69) is 10.6 Å². The molecule has 0 aliphatic heterocycles. The summed E-state index contributed by atoms with van der Waals surface area (Å²) in [5.41, 5.74) is 2.04. The van der Waals surface area contributed by atoms with Gasteiger partial charge in [0.25, 0.3) is 0 Å². The minimum absolute atomic E-state index is 0.00441. The first-order valence-electron chi connectivity index (χ1n) is 6.20. The Balaban J connectivity index is 1.96. The Kier molecular flexibility index (Phi) is 5.04. The maximum atomic E-state index is 12.9. The molecule has 0 heterocycles. The van der Waals surface area contributed by atoms with Crippen LogP contribution < -0.4 is 10.6 Å². The van der Waals surface area contributed by atoms with Gasteiger partial charge in [-0.2, -0.15) is 0 Å². The van der Waals surface area contributed by atoms with Crippen LogP contribution in [0.25, 0.3) is 0 Å². The first-order chi connectivity index (χ1) is 9.95. The van der Waals surface area contributed by atoms with E-state index in [1.807, 2.05) is 13.0 Å². The monoisotopic (exact) mass is 326 g/mol. The molecule has 2 aromatic rings. The first-order valence-corrected chi connectivity index (χ1v) is 6.96. The van der Waals surface area contributed by atoms with E-state index < -0.39 is 5.82 Å². The fourth-order valence-electron chi connectivity index (χ4n) is 1.72. The average molecular weight is 327 g/mol. The number of hydrogen-bond donors (Lipinski definition) is 2. The maximum absolute atomic E-state index is 12.9. The average Bonchev–Trinajstić information content (AvgIpc) is 2.41. The topological polar surface area (TPSA) is 41.1 Å². The van der Waals surface area contributed by atoms with Crippen molar-refractivity contribution in [3.63, 3.8) is 0 Å². The van der Waals surface area contributed by atoms with Crippen molar-refractivity contribution < 1.29 is 9.18 Å². The Morgan fingerprint density at radius 1 is 1.10 bits per heavy atom. The molecule has 0 radical (unpaired) electrons. The van der Waals surface area contributed by atoms with E-state index in [9.17, 15) is 9.18 Å². The fraction of sp³-hybridized carbons (Fsp3) is 0.133. The molecular formula is C15H13Cl2FN2O. The highest BCUT2D eigenvalue weighted by atomic mass is 35.5. The second-order valence-electron chi connectivity index (χ2n) is 4.51. The van der Waals surface area contributed by atoms with Crippen molar-refractivity contribution in [2.75, 3.05) is 17.2 Å². The molecule has 0 saturated carbocycles. The largest absolute Gasteiger partial charge is 0.375 e. The molecule has 0 aromatic heterocycles. The zero-order valence-electron chi connectivity index (χ0n) is 11.2. The Labute approximate surface area is 132 Å². The van der Waals surface area contributed by atoms with Crippen LogP contribution >= 0.6 is 23.2 Å². The number of nitrogens with one attached hydrogen (secondary N) is 2. The second kappa shape index (κ2) is 6.78. The van der Waals surface area contributed by atoms with Crippen molar-refractivity contribution >= 4 is 40.5 Å². The minimum Gasteiger partial charge on any atom is -0.375 e. The summed E-state index contributed by atoms with van der Waals surface area (Å²) in [6.07, 6.45) is 0. The van der Waals surface area contributed by atoms with E-state index in [1.54, 1.807) is 12.1 Å². The van der Waals surface area contributed by atoms with Crippen LogP contribution in [0.1, 0.15) is 5.56 Å². The SMILES string of the molecule is Cc1ccc(NC(=O)CNc2ccc(F)cc2Cl)c(Cl)c1. The molecular weight excluding hydrogens is 314 g/mol. The molecule has 1 amide bonds. The van der Waals surface area contributed by atoms with E-state index in [0.717, 1.165) is 5.56 Å². The lowest BCUT2D eigenvalue weighted by molar-refractivity contribution is -0.114. The van der Waals surface area contributed by atoms with Gasteiger partial charge in [-0.05, 0) is 42.8 Å². The molecule has 110 valence electrons. The standard InChI is InChI=1S/C15H13Cl2FN2O/c1-9-2-4-14(11(16)6-9)20-15(21)8-19-13-5-3-10(18)7-12(13)17/h2-7,19H,8H2,1H3,(H,20,21). The van der Waals surface area contributed by atoms with Crippen molar-refractivity contribution in [2.45, 2.75) is 6.92 Å². The Hall–Kier alpha value is -1.78. The third-order valence-electron chi connectivity index (χ3n) is 2.77. The Bertz CT molecular complexity index is 677. The fourth-order valence-corrected chi connectivity index (χ4v) is 2.24. The van der Waals surface area contributed by atoms with Crippen LogP contribution in [0, 0.1) is 12.7 Å². The molecule has 0 spiro atoms. The molecule has 0 atom stereocenters. The lowest BCUT2D eigenvalue weighted by atomic mass is 10.2. The highest BCUT2D eigenvalue weighted by Crippen LogP contribution is 2.24. The van der Waals surface area contributed by atoms with E-state index in [-0.39, 0.29) is 17.5 Å². The van der Waals surface area contributed by atoms with Crippen LogP contribution in [-0.4, -0.2) is 12.5 Å². The number of carbonyl (C=O) groups is 1. The number of aryl methyl sites for hydroxylation is 1. The minimum atomic E-state index is -0.429. The Morgan fingerprint density at radius 3 is 2.43 bits per heavy atom. The smallest absolute Gasteiger partial charge is 0.243 e. The zero-order chi connectivity index (χ0) is 15.4. The molecule has 0 unspecified atom stereocenters. The summed E-state index contributed by atoms with van der Waals surface area (Å²) in [5, 5.41) is 6.22. The van der Waals surface area contributed by atoms with E-state index >= 15 is 0 Å². The van der Waals surface area contributed by atoms with Gasteiger partial charge in [-0.1, -0.05) is 29.3 Å². The summed E-state index contributed by atoms with van der Waals surface area (Å²) in [4.78, 5) is 11.9. The second-order valence-corrected chi connectivity index (χ2v) is 5.32. The van der Waals surface area contributed by atoms with Crippen LogP contribution in [0.2, 0.25) is 10.0 Å². The maximum Gasteiger partial charge on any atom is 0.243 e. The van der Waals surface area contributed by atoms with Gasteiger partial charge >= 0.3 is 0 Å². The third kappa shape index (κ3) is 4.34. The lowest BCUT2D eigenvalue weighted by Crippen LogP contribution is -2.22. The number of rotatable bonds is 4. The summed E-state index contributed by atoms with van der Waals surface area (Å²) in [6, 6.07) is 9.28. The van der Waals surface area contributed by atoms with Crippen LogP contribution in [0.4, 0.5) is 15.8 Å². The predicted molar refractivity (Wildman–Crippen MR) is 84.7 cm³/mol. The first kappa shape index (κ1) is 15.6. The van der Waals surface area contributed by atoms with Crippen LogP contribution in [0.15, 0.2) is 36.4 Å². The zero-order valence-corrected chi connectivity index (χ0v) is 12.7. The van der Waals surface area contributed by atoms with Gasteiger partial charge in [0.05, 0.1) is 28.0 Å². The number of halogens is 3. The number of benzene rings is 2. The van der Waals surface area contributed by atoms with Gasteiger partial charge in [-0.3, -0.25) is 4.79 Å². The predicted octanol–water partition coefficient (Wildman–Crippen LogP) is 4.49. The number of carbonyl (C=O) groups excluding carboxylic acids is 1. The molecule has 21 heavy (non-hydrogen) atoms. The van der Waals surface area contributed by atoms with E-state index in [1.165, 1.54) is 18.2 Å². The molecule has 0 saturated heterocycles. The normalized spacial score (nSPS) is 10.3. The van der Waals surface area contributed by atoms with Crippen LogP contribution in [-0.2, 0) is 4.79 Å².